The van der Waals surface area contributed by atoms with Crippen molar-refractivity contribution in [3.8, 4) is 0 Å². The van der Waals surface area contributed by atoms with Crippen LogP contribution in [0.1, 0.15) is 54.5 Å². The van der Waals surface area contributed by atoms with Crippen molar-refractivity contribution in [2.45, 2.75) is 51.6 Å². The highest BCUT2D eigenvalue weighted by molar-refractivity contribution is 5.84. The fourth-order valence-electron chi connectivity index (χ4n) is 3.10. The van der Waals surface area contributed by atoms with Gasteiger partial charge in [0.25, 0.3) is 0 Å². The first-order chi connectivity index (χ1) is 9.46. The minimum absolute atomic E-state index is 0.0330. The first-order valence-corrected chi connectivity index (χ1v) is 7.14. The lowest BCUT2D eigenvalue weighted by atomic mass is 9.77. The highest BCUT2D eigenvalue weighted by atomic mass is 16.4. The minimum atomic E-state index is -1.05. The van der Waals surface area contributed by atoms with E-state index in [1.807, 2.05) is 0 Å². The molecule has 2 unspecified atom stereocenters. The van der Waals surface area contributed by atoms with Gasteiger partial charge in [0.05, 0.1) is 6.61 Å². The lowest BCUT2D eigenvalue weighted by Gasteiger charge is -2.39. The van der Waals surface area contributed by atoms with Gasteiger partial charge in [-0.15, -0.1) is 0 Å². The molecule has 1 aliphatic carbocycles. The third-order valence-corrected chi connectivity index (χ3v) is 4.28. The number of furan rings is 1. The smallest absolute Gasteiger partial charge is 0.371 e. The van der Waals surface area contributed by atoms with Crippen LogP contribution in [0.15, 0.2) is 10.5 Å². The van der Waals surface area contributed by atoms with E-state index in [0.29, 0.717) is 18.2 Å². The summed E-state index contributed by atoms with van der Waals surface area (Å²) in [5.74, 6) is 0.132. The number of aromatic carboxylic acids is 1. The summed E-state index contributed by atoms with van der Waals surface area (Å²) in [7, 11) is 0. The van der Waals surface area contributed by atoms with Crippen molar-refractivity contribution in [3.63, 3.8) is 0 Å². The molecule has 1 fully saturated rings. The Kier molecular flexibility index (Phi) is 4.50. The van der Waals surface area contributed by atoms with Crippen molar-refractivity contribution in [1.82, 2.24) is 5.32 Å². The Morgan fingerprint density at radius 2 is 2.35 bits per heavy atom. The van der Waals surface area contributed by atoms with Crippen LogP contribution >= 0.6 is 0 Å². The molecule has 1 saturated carbocycles. The quantitative estimate of drug-likeness (QED) is 0.771. The zero-order chi connectivity index (χ0) is 14.8. The van der Waals surface area contributed by atoms with Crippen molar-refractivity contribution < 1.29 is 19.4 Å². The van der Waals surface area contributed by atoms with Crippen LogP contribution in [-0.2, 0) is 6.54 Å². The van der Waals surface area contributed by atoms with E-state index in [-0.39, 0.29) is 17.9 Å². The molecule has 0 amide bonds. The maximum atomic E-state index is 10.9. The van der Waals surface area contributed by atoms with Gasteiger partial charge >= 0.3 is 5.97 Å². The number of hydrogen-bond acceptors (Lipinski definition) is 4. The number of aryl methyl sites for hydroxylation is 1. The second-order valence-electron chi connectivity index (χ2n) is 5.99. The van der Waals surface area contributed by atoms with Gasteiger partial charge in [-0.1, -0.05) is 19.8 Å². The molecule has 2 rings (SSSR count). The Morgan fingerprint density at radius 1 is 1.60 bits per heavy atom. The molecule has 0 saturated heterocycles. The first-order valence-electron chi connectivity index (χ1n) is 7.14. The van der Waals surface area contributed by atoms with E-state index in [1.165, 1.54) is 6.42 Å². The van der Waals surface area contributed by atoms with E-state index in [2.05, 4.69) is 12.2 Å². The molecule has 1 aliphatic rings. The largest absolute Gasteiger partial charge is 0.475 e. The first kappa shape index (κ1) is 15.1. The number of rotatable bonds is 5. The molecule has 1 heterocycles. The third kappa shape index (κ3) is 3.22. The summed E-state index contributed by atoms with van der Waals surface area (Å²) in [5.41, 5.74) is 0.596. The van der Waals surface area contributed by atoms with Crippen molar-refractivity contribution in [2.75, 3.05) is 6.61 Å². The summed E-state index contributed by atoms with van der Waals surface area (Å²) in [5, 5.41) is 22.1. The van der Waals surface area contributed by atoms with Gasteiger partial charge in [-0.3, -0.25) is 0 Å². The van der Waals surface area contributed by atoms with Crippen LogP contribution in [0, 0.1) is 12.8 Å². The molecule has 5 nitrogen and oxygen atoms in total. The maximum absolute atomic E-state index is 10.9. The van der Waals surface area contributed by atoms with E-state index >= 15 is 0 Å². The van der Waals surface area contributed by atoms with Crippen LogP contribution < -0.4 is 5.32 Å². The Morgan fingerprint density at radius 3 is 2.90 bits per heavy atom. The van der Waals surface area contributed by atoms with Gasteiger partial charge in [0.15, 0.2) is 0 Å². The molecule has 3 N–H and O–H groups in total. The molecule has 1 aromatic heterocycles. The summed E-state index contributed by atoms with van der Waals surface area (Å²) in [6, 6.07) is 1.56. The van der Waals surface area contributed by atoms with E-state index in [1.54, 1.807) is 13.0 Å². The third-order valence-electron chi connectivity index (χ3n) is 4.28. The second kappa shape index (κ2) is 5.97. The second-order valence-corrected chi connectivity index (χ2v) is 5.99. The molecule has 0 aromatic carbocycles. The molecule has 112 valence electrons. The molecule has 2 atom stereocenters. The molecule has 5 heteroatoms. The summed E-state index contributed by atoms with van der Waals surface area (Å²) in [6.45, 7) is 4.60. The molecule has 20 heavy (non-hydrogen) atoms. The van der Waals surface area contributed by atoms with Crippen LogP contribution in [-0.4, -0.2) is 28.3 Å². The van der Waals surface area contributed by atoms with E-state index in [4.69, 9.17) is 9.52 Å². The van der Waals surface area contributed by atoms with Gasteiger partial charge in [0.2, 0.25) is 5.76 Å². The lowest BCUT2D eigenvalue weighted by molar-refractivity contribution is 0.0661. The lowest BCUT2D eigenvalue weighted by Crippen LogP contribution is -2.51. The van der Waals surface area contributed by atoms with Gasteiger partial charge in [0.1, 0.15) is 5.76 Å². The van der Waals surface area contributed by atoms with Crippen molar-refractivity contribution >= 4 is 5.97 Å². The fourth-order valence-corrected chi connectivity index (χ4v) is 3.10. The average molecular weight is 281 g/mol. The van der Waals surface area contributed by atoms with Crippen LogP contribution in [0.2, 0.25) is 0 Å². The molecule has 0 spiro atoms. The van der Waals surface area contributed by atoms with Crippen LogP contribution in [0.5, 0.6) is 0 Å². The number of carboxylic acids is 1. The topological polar surface area (TPSA) is 82.7 Å². The monoisotopic (exact) mass is 281 g/mol. The highest BCUT2D eigenvalue weighted by Gasteiger charge is 2.34. The number of carboxylic acid groups (broad SMARTS) is 1. The Balaban J connectivity index is 2.04. The van der Waals surface area contributed by atoms with Gasteiger partial charge in [0, 0.05) is 17.6 Å². The Bertz CT molecular complexity index is 482. The number of aliphatic hydroxyl groups is 1. The maximum Gasteiger partial charge on any atom is 0.371 e. The zero-order valence-corrected chi connectivity index (χ0v) is 12.1. The normalized spacial score (nSPS) is 26.6. The number of carbonyl (C=O) groups is 1. The van der Waals surface area contributed by atoms with Gasteiger partial charge in [-0.2, -0.15) is 0 Å². The molecule has 0 bridgehead atoms. The van der Waals surface area contributed by atoms with Crippen molar-refractivity contribution in [3.05, 3.63) is 23.2 Å². The minimum Gasteiger partial charge on any atom is -0.475 e. The predicted molar refractivity (Wildman–Crippen MR) is 74.7 cm³/mol. The van der Waals surface area contributed by atoms with Crippen LogP contribution in [0.3, 0.4) is 0 Å². The zero-order valence-electron chi connectivity index (χ0n) is 12.1. The van der Waals surface area contributed by atoms with Gasteiger partial charge in [-0.05, 0) is 31.7 Å². The molecule has 0 aliphatic heterocycles. The predicted octanol–water partition coefficient (Wildman–Crippen LogP) is 2.32. The SMILES string of the molecule is Cc1oc(C(=O)O)cc1CNC1(CO)CCCC(C)C1. The van der Waals surface area contributed by atoms with Gasteiger partial charge < -0.3 is 19.9 Å². The average Bonchev–Trinajstić information content (AvgIpc) is 2.78. The summed E-state index contributed by atoms with van der Waals surface area (Å²) >= 11 is 0. The molecular weight excluding hydrogens is 258 g/mol. The molecule has 1 aromatic rings. The van der Waals surface area contributed by atoms with Gasteiger partial charge in [-0.25, -0.2) is 4.79 Å². The fraction of sp³-hybridized carbons (Fsp3) is 0.667. The number of hydrogen-bond donors (Lipinski definition) is 3. The summed E-state index contributed by atoms with van der Waals surface area (Å²) < 4.78 is 5.20. The number of aliphatic hydroxyl groups excluding tert-OH is 1. The molecule has 0 radical (unpaired) electrons. The van der Waals surface area contributed by atoms with E-state index < -0.39 is 5.97 Å². The summed E-state index contributed by atoms with van der Waals surface area (Å²) in [6.07, 6.45) is 4.22. The van der Waals surface area contributed by atoms with E-state index in [9.17, 15) is 9.90 Å². The van der Waals surface area contributed by atoms with Crippen LogP contribution in [0.4, 0.5) is 0 Å². The van der Waals surface area contributed by atoms with Crippen molar-refractivity contribution in [1.29, 1.82) is 0 Å². The standard InChI is InChI=1S/C15H23NO4/c1-10-4-3-5-15(7-10,9-17)16-8-12-6-13(14(18)19)20-11(12)2/h6,10,16-17H,3-5,7-9H2,1-2H3,(H,18,19). The van der Waals surface area contributed by atoms with Crippen molar-refractivity contribution in [2.24, 2.45) is 5.92 Å². The Hall–Kier alpha value is -1.33. The Labute approximate surface area is 119 Å². The highest BCUT2D eigenvalue weighted by Crippen LogP contribution is 2.32. The van der Waals surface area contributed by atoms with Crippen LogP contribution in [0.25, 0.3) is 0 Å². The summed E-state index contributed by atoms with van der Waals surface area (Å²) in [4.78, 5) is 10.9. The number of nitrogens with one attached hydrogen (secondary N) is 1. The van der Waals surface area contributed by atoms with E-state index in [0.717, 1.165) is 24.8 Å². The molecular formula is C15H23NO4.